The highest BCUT2D eigenvalue weighted by Crippen LogP contribution is 2.13. The Bertz CT molecular complexity index is 366. The van der Waals surface area contributed by atoms with Gasteiger partial charge in [-0.2, -0.15) is 0 Å². The van der Waals surface area contributed by atoms with Crippen molar-refractivity contribution < 1.29 is 4.79 Å². The van der Waals surface area contributed by atoms with Gasteiger partial charge in [-0.15, -0.1) is 0 Å². The molecule has 0 bridgehead atoms. The molecule has 1 aromatic carbocycles. The van der Waals surface area contributed by atoms with E-state index in [2.05, 4.69) is 29.7 Å². The molecule has 1 aromatic rings. The maximum atomic E-state index is 11.9. The molecule has 0 radical (unpaired) electrons. The molecule has 0 unspecified atom stereocenters. The highest BCUT2D eigenvalue weighted by Gasteiger charge is 2.20. The summed E-state index contributed by atoms with van der Waals surface area (Å²) < 4.78 is 0. The normalized spacial score (nSPS) is 19.9. The van der Waals surface area contributed by atoms with Crippen LogP contribution in [-0.2, 0) is 11.2 Å². The molecule has 1 heterocycles. The number of amides is 1. The van der Waals surface area contributed by atoms with Crippen molar-refractivity contribution in [1.29, 1.82) is 0 Å². The number of anilines is 1. The molecule has 0 spiro atoms. The summed E-state index contributed by atoms with van der Waals surface area (Å²) >= 11 is 0. The molecule has 17 heavy (non-hydrogen) atoms. The highest BCUT2D eigenvalue weighted by atomic mass is 16.2. The van der Waals surface area contributed by atoms with Crippen molar-refractivity contribution in [2.45, 2.75) is 38.6 Å². The fourth-order valence-electron chi connectivity index (χ4n) is 2.13. The van der Waals surface area contributed by atoms with E-state index in [1.165, 1.54) is 12.0 Å². The van der Waals surface area contributed by atoms with Crippen LogP contribution in [0.15, 0.2) is 24.3 Å². The van der Waals surface area contributed by atoms with Crippen molar-refractivity contribution >= 4 is 11.6 Å². The van der Waals surface area contributed by atoms with Crippen LogP contribution in [-0.4, -0.2) is 18.5 Å². The fraction of sp³-hybridized carbons (Fsp3) is 0.500. The molecule has 1 atom stereocenters. The van der Waals surface area contributed by atoms with Crippen LogP contribution >= 0.6 is 0 Å². The molecule has 92 valence electrons. The maximum absolute atomic E-state index is 11.9. The first-order chi connectivity index (χ1) is 8.29. The van der Waals surface area contributed by atoms with Crippen molar-refractivity contribution in [1.82, 2.24) is 5.32 Å². The standard InChI is InChI=1S/C14H20N2O/c1-2-11-6-8-12(9-7-11)16-14(17)13-5-3-4-10-15-13/h6-9,13,15H,2-5,10H2,1H3,(H,16,17)/t13-/m0/s1. The number of piperidine rings is 1. The van der Waals surface area contributed by atoms with E-state index in [1.54, 1.807) is 0 Å². The SMILES string of the molecule is CCc1ccc(NC(=O)[C@@H]2CCCCN2)cc1. The molecule has 0 aliphatic carbocycles. The molecule has 3 heteroatoms. The molecule has 1 amide bonds. The second kappa shape index (κ2) is 5.82. The van der Waals surface area contributed by atoms with Crippen molar-refractivity contribution in [3.05, 3.63) is 29.8 Å². The summed E-state index contributed by atoms with van der Waals surface area (Å²) in [5, 5.41) is 6.21. The molecule has 1 saturated heterocycles. The number of nitrogens with one attached hydrogen (secondary N) is 2. The summed E-state index contributed by atoms with van der Waals surface area (Å²) in [6.07, 6.45) is 4.28. The molecular formula is C14H20N2O. The van der Waals surface area contributed by atoms with Crippen LogP contribution in [0.3, 0.4) is 0 Å². The van der Waals surface area contributed by atoms with Crippen molar-refractivity contribution in [3.63, 3.8) is 0 Å². The van der Waals surface area contributed by atoms with Gasteiger partial charge in [-0.1, -0.05) is 25.5 Å². The first-order valence-electron chi connectivity index (χ1n) is 6.43. The number of aryl methyl sites for hydroxylation is 1. The number of rotatable bonds is 3. The van der Waals surface area contributed by atoms with Gasteiger partial charge < -0.3 is 10.6 Å². The van der Waals surface area contributed by atoms with E-state index >= 15 is 0 Å². The van der Waals surface area contributed by atoms with Gasteiger partial charge in [-0.3, -0.25) is 4.79 Å². The van der Waals surface area contributed by atoms with Crippen LogP contribution in [0.1, 0.15) is 31.7 Å². The Labute approximate surface area is 103 Å². The van der Waals surface area contributed by atoms with E-state index in [9.17, 15) is 4.79 Å². The first-order valence-corrected chi connectivity index (χ1v) is 6.43. The van der Waals surface area contributed by atoms with E-state index in [0.717, 1.165) is 31.5 Å². The lowest BCUT2D eigenvalue weighted by molar-refractivity contribution is -0.118. The summed E-state index contributed by atoms with van der Waals surface area (Å²) in [7, 11) is 0. The third-order valence-electron chi connectivity index (χ3n) is 3.26. The van der Waals surface area contributed by atoms with Gasteiger partial charge in [0, 0.05) is 5.69 Å². The number of carbonyl (C=O) groups excluding carboxylic acids is 1. The van der Waals surface area contributed by atoms with E-state index < -0.39 is 0 Å². The summed E-state index contributed by atoms with van der Waals surface area (Å²) in [5.74, 6) is 0.0916. The van der Waals surface area contributed by atoms with Gasteiger partial charge in [-0.05, 0) is 43.5 Å². The molecule has 1 aliphatic rings. The van der Waals surface area contributed by atoms with Crippen molar-refractivity contribution in [2.75, 3.05) is 11.9 Å². The van der Waals surface area contributed by atoms with Crippen molar-refractivity contribution in [3.8, 4) is 0 Å². The minimum atomic E-state index is -0.0189. The Balaban J connectivity index is 1.92. The first kappa shape index (κ1) is 12.1. The highest BCUT2D eigenvalue weighted by molar-refractivity contribution is 5.94. The van der Waals surface area contributed by atoms with Gasteiger partial charge in [0.15, 0.2) is 0 Å². The lowest BCUT2D eigenvalue weighted by Crippen LogP contribution is -2.43. The zero-order chi connectivity index (χ0) is 12.1. The zero-order valence-electron chi connectivity index (χ0n) is 10.3. The number of carbonyl (C=O) groups is 1. The molecular weight excluding hydrogens is 212 g/mol. The predicted octanol–water partition coefficient (Wildman–Crippen LogP) is 2.33. The third-order valence-corrected chi connectivity index (χ3v) is 3.26. The number of benzene rings is 1. The summed E-state index contributed by atoms with van der Waals surface area (Å²) in [6.45, 7) is 3.08. The lowest BCUT2D eigenvalue weighted by Gasteiger charge is -2.22. The van der Waals surface area contributed by atoms with E-state index in [4.69, 9.17) is 0 Å². The van der Waals surface area contributed by atoms with E-state index in [1.807, 2.05) is 12.1 Å². The zero-order valence-corrected chi connectivity index (χ0v) is 10.3. The van der Waals surface area contributed by atoms with Gasteiger partial charge in [0.2, 0.25) is 5.91 Å². The smallest absolute Gasteiger partial charge is 0.241 e. The monoisotopic (exact) mass is 232 g/mol. The average Bonchev–Trinajstić information content (AvgIpc) is 2.40. The molecule has 1 aliphatic heterocycles. The second-order valence-electron chi connectivity index (χ2n) is 4.54. The van der Waals surface area contributed by atoms with E-state index in [-0.39, 0.29) is 11.9 Å². The van der Waals surface area contributed by atoms with Crippen LogP contribution < -0.4 is 10.6 Å². The van der Waals surface area contributed by atoms with Gasteiger partial charge in [0.25, 0.3) is 0 Å². The summed E-state index contributed by atoms with van der Waals surface area (Å²) in [5.41, 5.74) is 2.18. The maximum Gasteiger partial charge on any atom is 0.241 e. The number of hydrogen-bond donors (Lipinski definition) is 2. The molecule has 0 aromatic heterocycles. The number of hydrogen-bond acceptors (Lipinski definition) is 2. The van der Waals surface area contributed by atoms with Gasteiger partial charge >= 0.3 is 0 Å². The van der Waals surface area contributed by atoms with Gasteiger partial charge in [-0.25, -0.2) is 0 Å². The van der Waals surface area contributed by atoms with Crippen LogP contribution in [0.4, 0.5) is 5.69 Å². The van der Waals surface area contributed by atoms with Crippen LogP contribution in [0.2, 0.25) is 0 Å². The fourth-order valence-corrected chi connectivity index (χ4v) is 2.13. The summed E-state index contributed by atoms with van der Waals surface area (Å²) in [6, 6.07) is 8.04. The molecule has 1 fully saturated rings. The third kappa shape index (κ3) is 3.30. The van der Waals surface area contributed by atoms with Gasteiger partial charge in [0.1, 0.15) is 0 Å². The Kier molecular flexibility index (Phi) is 4.15. The van der Waals surface area contributed by atoms with E-state index in [0.29, 0.717) is 0 Å². The van der Waals surface area contributed by atoms with Crippen LogP contribution in [0.5, 0.6) is 0 Å². The molecule has 3 nitrogen and oxygen atoms in total. The van der Waals surface area contributed by atoms with Crippen LogP contribution in [0.25, 0.3) is 0 Å². The molecule has 2 rings (SSSR count). The quantitative estimate of drug-likeness (QED) is 0.839. The average molecular weight is 232 g/mol. The Hall–Kier alpha value is -1.35. The second-order valence-corrected chi connectivity index (χ2v) is 4.54. The Morgan fingerprint density at radius 2 is 2.12 bits per heavy atom. The lowest BCUT2D eigenvalue weighted by atomic mass is 10.0. The topological polar surface area (TPSA) is 41.1 Å². The van der Waals surface area contributed by atoms with Gasteiger partial charge in [0.05, 0.1) is 6.04 Å². The predicted molar refractivity (Wildman–Crippen MR) is 70.1 cm³/mol. The Morgan fingerprint density at radius 1 is 1.35 bits per heavy atom. The molecule has 0 saturated carbocycles. The van der Waals surface area contributed by atoms with Crippen molar-refractivity contribution in [2.24, 2.45) is 0 Å². The largest absolute Gasteiger partial charge is 0.325 e. The van der Waals surface area contributed by atoms with Crippen LogP contribution in [0, 0.1) is 0 Å². The Morgan fingerprint density at radius 3 is 2.71 bits per heavy atom. The minimum absolute atomic E-state index is 0.0189. The molecule has 2 N–H and O–H groups in total. The summed E-state index contributed by atoms with van der Waals surface area (Å²) in [4.78, 5) is 11.9. The minimum Gasteiger partial charge on any atom is -0.325 e.